The van der Waals surface area contributed by atoms with Gasteiger partial charge in [-0.2, -0.15) is 0 Å². The number of halogens is 1. The van der Waals surface area contributed by atoms with Crippen molar-refractivity contribution < 1.29 is 14.4 Å². The minimum atomic E-state index is -0.215. The largest absolute Gasteiger partial charge is 0.351 e. The van der Waals surface area contributed by atoms with Gasteiger partial charge in [0.05, 0.1) is 5.56 Å². The molecule has 0 spiro atoms. The highest BCUT2D eigenvalue weighted by Crippen LogP contribution is 2.20. The molecule has 0 aromatic heterocycles. The summed E-state index contributed by atoms with van der Waals surface area (Å²) < 4.78 is 0. The lowest BCUT2D eigenvalue weighted by molar-refractivity contribution is -0.125. The summed E-state index contributed by atoms with van der Waals surface area (Å²) in [6.45, 7) is 4.75. The molecule has 0 radical (unpaired) electrons. The maximum atomic E-state index is 13.2. The zero-order valence-corrected chi connectivity index (χ0v) is 17.4. The van der Waals surface area contributed by atoms with Crippen LogP contribution in [0.4, 0.5) is 0 Å². The predicted octanol–water partition coefficient (Wildman–Crippen LogP) is 3.95. The number of piperidine rings is 1. The lowest BCUT2D eigenvalue weighted by Crippen LogP contribution is -2.50. The van der Waals surface area contributed by atoms with Crippen molar-refractivity contribution in [3.8, 4) is 0 Å². The third-order valence-electron chi connectivity index (χ3n) is 5.09. The third-order valence-corrected chi connectivity index (χ3v) is 5.34. The number of carbonyl (C=O) groups excluding carboxylic acids is 3. The molecule has 0 unspecified atom stereocenters. The maximum Gasteiger partial charge on any atom is 0.254 e. The molecule has 1 aliphatic heterocycles. The summed E-state index contributed by atoms with van der Waals surface area (Å²) in [5, 5.41) is 3.56. The molecule has 1 aliphatic rings. The van der Waals surface area contributed by atoms with Gasteiger partial charge >= 0.3 is 0 Å². The van der Waals surface area contributed by atoms with Crippen molar-refractivity contribution in [2.45, 2.75) is 32.7 Å². The van der Waals surface area contributed by atoms with Crippen molar-refractivity contribution >= 4 is 29.2 Å². The van der Waals surface area contributed by atoms with E-state index in [0.717, 1.165) is 12.8 Å². The van der Waals surface area contributed by atoms with E-state index in [4.69, 9.17) is 11.6 Å². The molecular formula is C23H25ClN2O3. The molecule has 1 N–H and O–H groups in total. The van der Waals surface area contributed by atoms with Crippen LogP contribution in [0.2, 0.25) is 5.02 Å². The third kappa shape index (κ3) is 5.04. The molecule has 2 aromatic rings. The fourth-order valence-electron chi connectivity index (χ4n) is 3.44. The first kappa shape index (κ1) is 21.1. The van der Waals surface area contributed by atoms with Crippen molar-refractivity contribution in [2.24, 2.45) is 5.92 Å². The highest BCUT2D eigenvalue weighted by atomic mass is 35.5. The molecule has 0 saturated carbocycles. The van der Waals surface area contributed by atoms with Crippen LogP contribution in [0.25, 0.3) is 0 Å². The average molecular weight is 413 g/mol. The molecule has 152 valence electrons. The second-order valence-electron chi connectivity index (χ2n) is 7.64. The van der Waals surface area contributed by atoms with E-state index in [-0.39, 0.29) is 29.6 Å². The fourth-order valence-corrected chi connectivity index (χ4v) is 3.57. The molecule has 5 nitrogen and oxygen atoms in total. The van der Waals surface area contributed by atoms with Crippen LogP contribution in [0.3, 0.4) is 0 Å². The molecule has 2 amide bonds. The van der Waals surface area contributed by atoms with Crippen molar-refractivity contribution in [3.63, 3.8) is 0 Å². The van der Waals surface area contributed by atoms with E-state index in [0.29, 0.717) is 34.8 Å². The summed E-state index contributed by atoms with van der Waals surface area (Å²) in [5.41, 5.74) is 1.23. The average Bonchev–Trinajstić information content (AvgIpc) is 2.73. The smallest absolute Gasteiger partial charge is 0.254 e. The number of likely N-dealkylation sites (tertiary alicyclic amines) is 1. The molecule has 1 saturated heterocycles. The maximum absolute atomic E-state index is 13.2. The van der Waals surface area contributed by atoms with E-state index in [1.165, 1.54) is 0 Å². The Bertz CT molecular complexity index is 909. The van der Waals surface area contributed by atoms with Gasteiger partial charge in [0.25, 0.3) is 5.91 Å². The zero-order chi connectivity index (χ0) is 21.0. The summed E-state index contributed by atoms with van der Waals surface area (Å²) in [7, 11) is 0. The molecule has 0 aliphatic carbocycles. The van der Waals surface area contributed by atoms with E-state index in [1.807, 2.05) is 13.8 Å². The predicted molar refractivity (Wildman–Crippen MR) is 113 cm³/mol. The van der Waals surface area contributed by atoms with Crippen LogP contribution in [0.5, 0.6) is 0 Å². The standard InChI is InChI=1S/C23H25ClN2O3/c1-15(2)22(28)25-18-6-5-13-26(14-18)23(29)20-8-4-3-7-19(20)21(27)16-9-11-17(24)12-10-16/h3-4,7-12,15,18H,5-6,13-14H2,1-2H3,(H,25,28)/t18-/m1/s1. The Balaban J connectivity index is 1.80. The molecule has 6 heteroatoms. The van der Waals surface area contributed by atoms with Gasteiger partial charge in [-0.25, -0.2) is 0 Å². The number of rotatable bonds is 5. The minimum absolute atomic E-state index is 0.0115. The first-order valence-corrected chi connectivity index (χ1v) is 10.2. The van der Waals surface area contributed by atoms with E-state index < -0.39 is 0 Å². The fraction of sp³-hybridized carbons (Fsp3) is 0.348. The number of benzene rings is 2. The van der Waals surface area contributed by atoms with Crippen molar-refractivity contribution in [1.29, 1.82) is 0 Å². The molecule has 1 atom stereocenters. The van der Waals surface area contributed by atoms with Gasteiger partial charge in [0.2, 0.25) is 5.91 Å². The number of hydrogen-bond acceptors (Lipinski definition) is 3. The number of amides is 2. The Morgan fingerprint density at radius 2 is 1.69 bits per heavy atom. The van der Waals surface area contributed by atoms with Gasteiger partial charge in [-0.3, -0.25) is 14.4 Å². The van der Waals surface area contributed by atoms with E-state index in [2.05, 4.69) is 5.32 Å². The van der Waals surface area contributed by atoms with Crippen molar-refractivity contribution in [2.75, 3.05) is 13.1 Å². The van der Waals surface area contributed by atoms with Crippen molar-refractivity contribution in [1.82, 2.24) is 10.2 Å². The van der Waals surface area contributed by atoms with Gasteiger partial charge < -0.3 is 10.2 Å². The van der Waals surface area contributed by atoms with Gasteiger partial charge in [0.15, 0.2) is 5.78 Å². The van der Waals surface area contributed by atoms with Crippen LogP contribution in [-0.2, 0) is 4.79 Å². The molecule has 3 rings (SSSR count). The van der Waals surface area contributed by atoms with Gasteiger partial charge in [0, 0.05) is 41.2 Å². The summed E-state index contributed by atoms with van der Waals surface area (Å²) in [6, 6.07) is 13.4. The summed E-state index contributed by atoms with van der Waals surface area (Å²) in [5.74, 6) is -0.514. The van der Waals surface area contributed by atoms with Crippen LogP contribution in [0.1, 0.15) is 53.0 Å². The normalized spacial score (nSPS) is 16.6. The van der Waals surface area contributed by atoms with Crippen LogP contribution in [0.15, 0.2) is 48.5 Å². The molecule has 1 heterocycles. The lowest BCUT2D eigenvalue weighted by Gasteiger charge is -2.34. The van der Waals surface area contributed by atoms with E-state index in [9.17, 15) is 14.4 Å². The summed E-state index contributed by atoms with van der Waals surface area (Å²) in [4.78, 5) is 39.9. The zero-order valence-electron chi connectivity index (χ0n) is 16.7. The van der Waals surface area contributed by atoms with Crippen molar-refractivity contribution in [3.05, 3.63) is 70.2 Å². The Labute approximate surface area is 176 Å². The summed E-state index contributed by atoms with van der Waals surface area (Å²) in [6.07, 6.45) is 1.65. The Morgan fingerprint density at radius 1 is 1.03 bits per heavy atom. The van der Waals surface area contributed by atoms with Crippen LogP contribution in [0, 0.1) is 5.92 Å². The number of ketones is 1. The van der Waals surface area contributed by atoms with Crippen LogP contribution < -0.4 is 5.32 Å². The van der Waals surface area contributed by atoms with E-state index >= 15 is 0 Å². The van der Waals surface area contributed by atoms with Gasteiger partial charge in [-0.05, 0) is 43.2 Å². The monoisotopic (exact) mass is 412 g/mol. The first-order valence-electron chi connectivity index (χ1n) is 9.85. The lowest BCUT2D eigenvalue weighted by atomic mass is 9.96. The highest BCUT2D eigenvalue weighted by molar-refractivity contribution is 6.30. The van der Waals surface area contributed by atoms with Gasteiger partial charge in [-0.1, -0.05) is 43.6 Å². The minimum Gasteiger partial charge on any atom is -0.351 e. The molecule has 29 heavy (non-hydrogen) atoms. The van der Waals surface area contributed by atoms with Gasteiger partial charge in [0.1, 0.15) is 0 Å². The first-order chi connectivity index (χ1) is 13.9. The Hall–Kier alpha value is -2.66. The van der Waals surface area contributed by atoms with Crippen LogP contribution in [-0.4, -0.2) is 41.6 Å². The number of nitrogens with one attached hydrogen (secondary N) is 1. The SMILES string of the molecule is CC(C)C(=O)N[C@@H]1CCCN(C(=O)c2ccccc2C(=O)c2ccc(Cl)cc2)C1. The molecular weight excluding hydrogens is 388 g/mol. The molecule has 0 bridgehead atoms. The summed E-state index contributed by atoms with van der Waals surface area (Å²) >= 11 is 5.91. The van der Waals surface area contributed by atoms with Crippen LogP contribution >= 0.6 is 11.6 Å². The topological polar surface area (TPSA) is 66.5 Å². The van der Waals surface area contributed by atoms with E-state index in [1.54, 1.807) is 53.4 Å². The quantitative estimate of drug-likeness (QED) is 0.756. The molecule has 1 fully saturated rings. The highest BCUT2D eigenvalue weighted by Gasteiger charge is 2.28. The second kappa shape index (κ2) is 9.23. The number of carbonyl (C=O) groups is 3. The Morgan fingerprint density at radius 3 is 2.34 bits per heavy atom. The Kier molecular flexibility index (Phi) is 6.70. The molecule has 2 aromatic carbocycles. The second-order valence-corrected chi connectivity index (χ2v) is 8.07. The van der Waals surface area contributed by atoms with Gasteiger partial charge in [-0.15, -0.1) is 0 Å². The number of nitrogens with zero attached hydrogens (tertiary/aromatic N) is 1. The number of hydrogen-bond donors (Lipinski definition) is 1.